The summed E-state index contributed by atoms with van der Waals surface area (Å²) in [5, 5.41) is 11.0. The van der Waals surface area contributed by atoms with Gasteiger partial charge in [-0.2, -0.15) is 8.78 Å². The summed E-state index contributed by atoms with van der Waals surface area (Å²) in [6.45, 7) is -1.24. The lowest BCUT2D eigenvalue weighted by Gasteiger charge is -2.13. The van der Waals surface area contributed by atoms with Crippen LogP contribution in [0.25, 0.3) is 11.4 Å². The topological polar surface area (TPSA) is 95.1 Å². The molecule has 1 heterocycles. The third kappa shape index (κ3) is 5.13. The van der Waals surface area contributed by atoms with E-state index < -0.39 is 11.9 Å². The Kier molecular flexibility index (Phi) is 7.01. The van der Waals surface area contributed by atoms with Gasteiger partial charge >= 0.3 is 6.61 Å². The monoisotopic (exact) mass is 473 g/mol. The maximum absolute atomic E-state index is 12.5. The number of benzene rings is 2. The van der Waals surface area contributed by atoms with Crippen LogP contribution in [-0.2, 0) is 4.79 Å². The summed E-state index contributed by atoms with van der Waals surface area (Å²) in [5.74, 6) is 6.03. The van der Waals surface area contributed by atoms with Gasteiger partial charge in [0.25, 0.3) is 0 Å². The molecule has 0 aliphatic carbocycles. The highest BCUT2D eigenvalue weighted by molar-refractivity contribution is 8.00. The van der Waals surface area contributed by atoms with Gasteiger partial charge in [-0.25, -0.2) is 4.68 Å². The molecule has 0 spiro atoms. The van der Waals surface area contributed by atoms with Crippen LogP contribution in [0.4, 0.5) is 14.5 Å². The summed E-state index contributed by atoms with van der Waals surface area (Å²) in [6.07, 6.45) is 0. The molecule has 0 saturated heterocycles. The van der Waals surface area contributed by atoms with E-state index in [4.69, 9.17) is 29.0 Å². The van der Waals surface area contributed by atoms with E-state index in [1.54, 1.807) is 25.1 Å². The van der Waals surface area contributed by atoms with E-state index in [0.717, 1.165) is 11.8 Å². The zero-order valence-electron chi connectivity index (χ0n) is 15.4. The third-order valence-electron chi connectivity index (χ3n) is 3.86. The molecule has 12 heteroatoms. The first-order valence-corrected chi connectivity index (χ1v) is 10.1. The number of aromatic nitrogens is 3. The molecule has 1 aromatic heterocycles. The highest BCUT2D eigenvalue weighted by atomic mass is 35.5. The second-order valence-electron chi connectivity index (χ2n) is 5.93. The quantitative estimate of drug-likeness (QED) is 0.381. The van der Waals surface area contributed by atoms with Crippen molar-refractivity contribution < 1.29 is 18.3 Å². The number of nitrogen functional groups attached to an aromatic ring is 1. The van der Waals surface area contributed by atoms with Crippen LogP contribution >= 0.6 is 35.0 Å². The summed E-state index contributed by atoms with van der Waals surface area (Å²) < 4.78 is 30.0. The average molecular weight is 474 g/mol. The number of halogens is 4. The van der Waals surface area contributed by atoms with Gasteiger partial charge in [0.05, 0.1) is 21.0 Å². The number of alkyl halides is 2. The molecule has 3 rings (SSSR count). The van der Waals surface area contributed by atoms with Crippen LogP contribution in [0, 0.1) is 0 Å². The molecule has 0 bridgehead atoms. The lowest BCUT2D eigenvalue weighted by Crippen LogP contribution is -2.23. The van der Waals surface area contributed by atoms with E-state index >= 15 is 0 Å². The van der Waals surface area contributed by atoms with Crippen LogP contribution in [0.15, 0.2) is 47.6 Å². The molecule has 0 unspecified atom stereocenters. The van der Waals surface area contributed by atoms with Gasteiger partial charge in [0.2, 0.25) is 11.1 Å². The molecule has 3 aromatic rings. The molecule has 158 valence electrons. The van der Waals surface area contributed by atoms with E-state index in [1.165, 1.54) is 28.9 Å². The number of anilines is 1. The van der Waals surface area contributed by atoms with Crippen molar-refractivity contribution in [3.63, 3.8) is 0 Å². The first kappa shape index (κ1) is 22.1. The van der Waals surface area contributed by atoms with Gasteiger partial charge < -0.3 is 15.9 Å². The Morgan fingerprint density at radius 2 is 1.90 bits per heavy atom. The van der Waals surface area contributed by atoms with Gasteiger partial charge in [0.1, 0.15) is 5.75 Å². The molecule has 0 radical (unpaired) electrons. The number of hydrogen-bond donors (Lipinski definition) is 2. The van der Waals surface area contributed by atoms with Crippen molar-refractivity contribution in [2.24, 2.45) is 0 Å². The molecule has 0 aliphatic heterocycles. The maximum atomic E-state index is 12.5. The average Bonchev–Trinajstić information content (AvgIpc) is 3.06. The minimum atomic E-state index is -2.91. The van der Waals surface area contributed by atoms with Crippen LogP contribution < -0.4 is 15.9 Å². The number of nitrogens with zero attached hydrogens (tertiary/aromatic N) is 3. The summed E-state index contributed by atoms with van der Waals surface area (Å²) in [5.41, 5.74) is 0.934. The smallest absolute Gasteiger partial charge is 0.387 e. The van der Waals surface area contributed by atoms with Crippen molar-refractivity contribution in [3.8, 4) is 17.1 Å². The Morgan fingerprint density at radius 3 is 2.57 bits per heavy atom. The molecule has 30 heavy (non-hydrogen) atoms. The Labute approximate surface area is 184 Å². The zero-order valence-corrected chi connectivity index (χ0v) is 17.7. The van der Waals surface area contributed by atoms with Crippen molar-refractivity contribution in [2.45, 2.75) is 23.9 Å². The summed E-state index contributed by atoms with van der Waals surface area (Å²) in [4.78, 5) is 12.5. The van der Waals surface area contributed by atoms with Gasteiger partial charge in [-0.05, 0) is 43.3 Å². The molecule has 0 aliphatic rings. The van der Waals surface area contributed by atoms with Crippen molar-refractivity contribution in [1.82, 2.24) is 14.9 Å². The standard InChI is InChI=1S/C18H15Cl2F2N5O2S/c1-9(16(28)24-13-4-2-3-12(19)14(13)20)30-18-26-25-15(27(18)23)10-5-7-11(8-6-10)29-17(21)22/h2-9,17H,23H2,1H3,(H,24,28)/t9-/m1/s1. The first-order valence-electron chi connectivity index (χ1n) is 8.43. The van der Waals surface area contributed by atoms with Crippen LogP contribution in [0.5, 0.6) is 5.75 Å². The largest absolute Gasteiger partial charge is 0.435 e. The SMILES string of the molecule is C[C@@H](Sc1nnc(-c2ccc(OC(F)F)cc2)n1N)C(=O)Nc1cccc(Cl)c1Cl. The van der Waals surface area contributed by atoms with Crippen molar-refractivity contribution in [1.29, 1.82) is 0 Å². The van der Waals surface area contributed by atoms with E-state index in [-0.39, 0.29) is 21.8 Å². The summed E-state index contributed by atoms with van der Waals surface area (Å²) >= 11 is 13.1. The molecule has 1 atom stereocenters. The molecular formula is C18H15Cl2F2N5O2S. The van der Waals surface area contributed by atoms with Crippen LogP contribution in [-0.4, -0.2) is 32.6 Å². The number of hydrogen-bond acceptors (Lipinski definition) is 6. The number of ether oxygens (including phenoxy) is 1. The fourth-order valence-corrected chi connectivity index (χ4v) is 3.50. The maximum Gasteiger partial charge on any atom is 0.387 e. The lowest BCUT2D eigenvalue weighted by atomic mass is 10.2. The third-order valence-corrected chi connectivity index (χ3v) is 5.74. The highest BCUT2D eigenvalue weighted by Gasteiger charge is 2.21. The Morgan fingerprint density at radius 1 is 1.20 bits per heavy atom. The van der Waals surface area contributed by atoms with E-state index in [2.05, 4.69) is 20.3 Å². The first-order chi connectivity index (χ1) is 14.3. The van der Waals surface area contributed by atoms with Crippen LogP contribution in [0.3, 0.4) is 0 Å². The number of nitrogens with one attached hydrogen (secondary N) is 1. The van der Waals surface area contributed by atoms with Gasteiger partial charge in [-0.3, -0.25) is 4.79 Å². The van der Waals surface area contributed by atoms with Gasteiger partial charge in [-0.1, -0.05) is 41.0 Å². The molecule has 7 nitrogen and oxygen atoms in total. The fourth-order valence-electron chi connectivity index (χ4n) is 2.39. The molecule has 0 fully saturated rings. The number of nitrogens with two attached hydrogens (primary N) is 1. The van der Waals surface area contributed by atoms with Crippen LogP contribution in [0.2, 0.25) is 10.0 Å². The predicted molar refractivity (Wildman–Crippen MR) is 113 cm³/mol. The van der Waals surface area contributed by atoms with Gasteiger partial charge in [-0.15, -0.1) is 10.2 Å². The minimum absolute atomic E-state index is 0.0106. The molecule has 1 amide bonds. The van der Waals surface area contributed by atoms with Gasteiger partial charge in [0, 0.05) is 5.56 Å². The summed E-state index contributed by atoms with van der Waals surface area (Å²) in [6, 6.07) is 10.7. The second-order valence-corrected chi connectivity index (χ2v) is 8.02. The second kappa shape index (κ2) is 9.50. The van der Waals surface area contributed by atoms with Crippen molar-refractivity contribution >= 4 is 46.6 Å². The number of carbonyl (C=O) groups excluding carboxylic acids is 1. The Balaban J connectivity index is 1.69. The normalized spacial score (nSPS) is 12.1. The zero-order chi connectivity index (χ0) is 21.8. The van der Waals surface area contributed by atoms with Crippen molar-refractivity contribution in [3.05, 3.63) is 52.5 Å². The van der Waals surface area contributed by atoms with Crippen molar-refractivity contribution in [2.75, 3.05) is 11.2 Å². The fraction of sp³-hybridized carbons (Fsp3) is 0.167. The minimum Gasteiger partial charge on any atom is -0.435 e. The number of rotatable bonds is 7. The highest BCUT2D eigenvalue weighted by Crippen LogP contribution is 2.31. The number of carbonyl (C=O) groups is 1. The van der Waals surface area contributed by atoms with E-state index in [1.807, 2.05) is 0 Å². The molecule has 3 N–H and O–H groups in total. The summed E-state index contributed by atoms with van der Waals surface area (Å²) in [7, 11) is 0. The van der Waals surface area contributed by atoms with E-state index in [9.17, 15) is 13.6 Å². The lowest BCUT2D eigenvalue weighted by molar-refractivity contribution is -0.115. The molecule has 0 saturated carbocycles. The number of amides is 1. The van der Waals surface area contributed by atoms with Crippen LogP contribution in [0.1, 0.15) is 6.92 Å². The number of thioether (sulfide) groups is 1. The molecule has 2 aromatic carbocycles. The predicted octanol–water partition coefficient (Wildman–Crippen LogP) is 4.69. The Bertz CT molecular complexity index is 1050. The molecular weight excluding hydrogens is 459 g/mol. The van der Waals surface area contributed by atoms with Gasteiger partial charge in [0.15, 0.2) is 5.82 Å². The Hall–Kier alpha value is -2.56. The van der Waals surface area contributed by atoms with E-state index in [0.29, 0.717) is 22.1 Å².